The van der Waals surface area contributed by atoms with Crippen LogP contribution in [0.2, 0.25) is 0 Å². The first kappa shape index (κ1) is 9.98. The number of carboxylic acids is 1. The van der Waals surface area contributed by atoms with Gasteiger partial charge in [-0.15, -0.1) is 0 Å². The molecule has 0 atom stereocenters. The maximum absolute atomic E-state index is 10.2. The molecule has 0 fully saturated rings. The summed E-state index contributed by atoms with van der Waals surface area (Å²) >= 11 is 0. The molecule has 4 heteroatoms. The molecule has 1 N–H and O–H groups in total. The molecule has 0 heterocycles. The Balaban J connectivity index is 2.73. The first-order valence-corrected chi connectivity index (χ1v) is 3.84. The Morgan fingerprint density at radius 1 is 1.29 bits per heavy atom. The quantitative estimate of drug-likeness (QED) is 0.577. The number of aliphatic carboxylic acids is 1. The van der Waals surface area contributed by atoms with E-state index in [1.807, 2.05) is 0 Å². The van der Waals surface area contributed by atoms with Crippen LogP contribution in [-0.2, 0) is 9.59 Å². The third kappa shape index (κ3) is 3.10. The highest BCUT2D eigenvalue weighted by molar-refractivity contribution is 5.85. The van der Waals surface area contributed by atoms with E-state index in [-0.39, 0.29) is 0 Å². The molecule has 0 bridgehead atoms. The van der Waals surface area contributed by atoms with Gasteiger partial charge in [0, 0.05) is 6.08 Å². The zero-order valence-electron chi connectivity index (χ0n) is 7.21. The SMILES string of the molecule is O=COc1ccc(/C=C/C(=O)O)cc1. The van der Waals surface area contributed by atoms with Crippen LogP contribution in [0, 0.1) is 0 Å². The molecule has 4 nitrogen and oxygen atoms in total. The summed E-state index contributed by atoms with van der Waals surface area (Å²) in [7, 11) is 0. The summed E-state index contributed by atoms with van der Waals surface area (Å²) < 4.78 is 4.57. The van der Waals surface area contributed by atoms with Gasteiger partial charge in [-0.25, -0.2) is 4.79 Å². The molecular formula is C10H8O4. The van der Waals surface area contributed by atoms with Crippen LogP contribution < -0.4 is 4.74 Å². The number of carbonyl (C=O) groups excluding carboxylic acids is 1. The second-order valence-electron chi connectivity index (χ2n) is 2.45. The standard InChI is InChI=1S/C10H8O4/c11-7-14-9-4-1-8(2-5-9)3-6-10(12)13/h1-7H,(H,12,13)/b6-3+. The lowest BCUT2D eigenvalue weighted by Crippen LogP contribution is -1.88. The van der Waals surface area contributed by atoms with Crippen molar-refractivity contribution in [3.05, 3.63) is 35.9 Å². The summed E-state index contributed by atoms with van der Waals surface area (Å²) in [6.07, 6.45) is 2.49. The first-order valence-electron chi connectivity index (χ1n) is 3.84. The predicted molar refractivity (Wildman–Crippen MR) is 49.8 cm³/mol. The van der Waals surface area contributed by atoms with E-state index in [9.17, 15) is 9.59 Å². The van der Waals surface area contributed by atoms with Crippen molar-refractivity contribution in [2.45, 2.75) is 0 Å². The number of hydrogen-bond donors (Lipinski definition) is 1. The van der Waals surface area contributed by atoms with Crippen LogP contribution in [0.4, 0.5) is 0 Å². The van der Waals surface area contributed by atoms with Gasteiger partial charge in [0.15, 0.2) is 0 Å². The maximum Gasteiger partial charge on any atom is 0.328 e. The van der Waals surface area contributed by atoms with E-state index < -0.39 is 5.97 Å². The van der Waals surface area contributed by atoms with Gasteiger partial charge in [0.1, 0.15) is 5.75 Å². The van der Waals surface area contributed by atoms with E-state index in [4.69, 9.17) is 5.11 Å². The largest absolute Gasteiger partial charge is 0.478 e. The van der Waals surface area contributed by atoms with Crippen molar-refractivity contribution in [2.75, 3.05) is 0 Å². The minimum atomic E-state index is -1.00. The Bertz CT molecular complexity index is 351. The third-order valence-corrected chi connectivity index (χ3v) is 1.48. The maximum atomic E-state index is 10.2. The van der Waals surface area contributed by atoms with Crippen LogP contribution in [0.25, 0.3) is 6.08 Å². The summed E-state index contributed by atoms with van der Waals surface area (Å²) in [4.78, 5) is 20.1. The summed E-state index contributed by atoms with van der Waals surface area (Å²) in [5.74, 6) is -0.578. The van der Waals surface area contributed by atoms with Gasteiger partial charge in [0.25, 0.3) is 6.47 Å². The highest BCUT2D eigenvalue weighted by Crippen LogP contribution is 2.12. The van der Waals surface area contributed by atoms with Gasteiger partial charge in [-0.3, -0.25) is 4.79 Å². The van der Waals surface area contributed by atoms with Crippen molar-refractivity contribution in [2.24, 2.45) is 0 Å². The van der Waals surface area contributed by atoms with Crippen LogP contribution in [-0.4, -0.2) is 17.5 Å². The second kappa shape index (κ2) is 4.81. The average molecular weight is 192 g/mol. The molecule has 14 heavy (non-hydrogen) atoms. The van der Waals surface area contributed by atoms with Crippen molar-refractivity contribution in [3.8, 4) is 5.75 Å². The Morgan fingerprint density at radius 3 is 2.43 bits per heavy atom. The zero-order valence-corrected chi connectivity index (χ0v) is 7.21. The van der Waals surface area contributed by atoms with E-state index >= 15 is 0 Å². The minimum Gasteiger partial charge on any atom is -0.478 e. The fourth-order valence-electron chi connectivity index (χ4n) is 0.881. The van der Waals surface area contributed by atoms with Crippen LogP contribution in [0.1, 0.15) is 5.56 Å². The number of carbonyl (C=O) groups is 2. The van der Waals surface area contributed by atoms with Crippen LogP contribution in [0.5, 0.6) is 5.75 Å². The van der Waals surface area contributed by atoms with E-state index in [0.29, 0.717) is 12.2 Å². The first-order chi connectivity index (χ1) is 6.72. The van der Waals surface area contributed by atoms with Gasteiger partial charge in [-0.2, -0.15) is 0 Å². The molecule has 0 amide bonds. The molecule has 0 unspecified atom stereocenters. The lowest BCUT2D eigenvalue weighted by molar-refractivity contribution is -0.131. The highest BCUT2D eigenvalue weighted by atomic mass is 16.5. The van der Waals surface area contributed by atoms with Crippen molar-refractivity contribution in [1.82, 2.24) is 0 Å². The van der Waals surface area contributed by atoms with Crippen LogP contribution in [0.3, 0.4) is 0 Å². The van der Waals surface area contributed by atoms with Gasteiger partial charge in [-0.1, -0.05) is 12.1 Å². The number of carboxylic acid groups (broad SMARTS) is 1. The van der Waals surface area contributed by atoms with Crippen molar-refractivity contribution in [1.29, 1.82) is 0 Å². The normalized spacial score (nSPS) is 10.0. The Kier molecular flexibility index (Phi) is 3.43. The molecule has 0 saturated heterocycles. The molecule has 0 saturated carbocycles. The van der Waals surface area contributed by atoms with Crippen LogP contribution in [0.15, 0.2) is 30.3 Å². The Labute approximate surface area is 80.4 Å². The summed E-state index contributed by atoms with van der Waals surface area (Å²) in [5.41, 5.74) is 0.727. The van der Waals surface area contributed by atoms with Crippen molar-refractivity contribution >= 4 is 18.5 Å². The molecule has 0 aliphatic heterocycles. The molecule has 1 aromatic rings. The number of hydrogen-bond acceptors (Lipinski definition) is 3. The van der Waals surface area contributed by atoms with E-state index in [2.05, 4.69) is 4.74 Å². The number of benzene rings is 1. The number of ether oxygens (including phenoxy) is 1. The van der Waals surface area contributed by atoms with Gasteiger partial charge in [-0.05, 0) is 23.8 Å². The molecule has 0 radical (unpaired) electrons. The molecular weight excluding hydrogens is 184 g/mol. The monoisotopic (exact) mass is 192 g/mol. The van der Waals surface area contributed by atoms with E-state index in [1.165, 1.54) is 6.08 Å². The van der Waals surface area contributed by atoms with Gasteiger partial charge in [0.2, 0.25) is 0 Å². The predicted octanol–water partition coefficient (Wildman–Crippen LogP) is 1.32. The second-order valence-corrected chi connectivity index (χ2v) is 2.45. The summed E-state index contributed by atoms with van der Waals surface area (Å²) in [5, 5.41) is 8.36. The topological polar surface area (TPSA) is 63.6 Å². The molecule has 72 valence electrons. The molecule has 0 aliphatic rings. The lowest BCUT2D eigenvalue weighted by Gasteiger charge is -1.96. The lowest BCUT2D eigenvalue weighted by atomic mass is 10.2. The highest BCUT2D eigenvalue weighted by Gasteiger charge is 1.92. The van der Waals surface area contributed by atoms with Crippen molar-refractivity contribution < 1.29 is 19.4 Å². The minimum absolute atomic E-state index is 0.335. The van der Waals surface area contributed by atoms with Gasteiger partial charge < -0.3 is 9.84 Å². The molecule has 0 aliphatic carbocycles. The molecule has 1 aromatic carbocycles. The fourth-order valence-corrected chi connectivity index (χ4v) is 0.881. The molecule has 0 spiro atoms. The smallest absolute Gasteiger partial charge is 0.328 e. The zero-order chi connectivity index (χ0) is 10.4. The molecule has 0 aromatic heterocycles. The van der Waals surface area contributed by atoms with Crippen molar-refractivity contribution in [3.63, 3.8) is 0 Å². The molecule has 1 rings (SSSR count). The van der Waals surface area contributed by atoms with Gasteiger partial charge >= 0.3 is 5.97 Å². The average Bonchev–Trinajstić information content (AvgIpc) is 2.17. The third-order valence-electron chi connectivity index (χ3n) is 1.48. The Morgan fingerprint density at radius 2 is 1.93 bits per heavy atom. The summed E-state index contributed by atoms with van der Waals surface area (Å²) in [6, 6.07) is 6.46. The van der Waals surface area contributed by atoms with E-state index in [0.717, 1.165) is 11.6 Å². The number of rotatable bonds is 4. The summed E-state index contributed by atoms with van der Waals surface area (Å²) in [6.45, 7) is 0.335. The van der Waals surface area contributed by atoms with Crippen LogP contribution >= 0.6 is 0 Å². The fraction of sp³-hybridized carbons (Fsp3) is 0. The van der Waals surface area contributed by atoms with Gasteiger partial charge in [0.05, 0.1) is 0 Å². The van der Waals surface area contributed by atoms with E-state index in [1.54, 1.807) is 24.3 Å². The Hall–Kier alpha value is -2.10.